The largest absolute Gasteiger partial charge is 0.495 e. The van der Waals surface area contributed by atoms with Gasteiger partial charge in [0.05, 0.1) is 19.4 Å². The van der Waals surface area contributed by atoms with E-state index in [-0.39, 0.29) is 12.3 Å². The van der Waals surface area contributed by atoms with Crippen molar-refractivity contribution in [1.82, 2.24) is 4.90 Å². The van der Waals surface area contributed by atoms with Crippen molar-refractivity contribution >= 4 is 17.9 Å². The second-order valence-electron chi connectivity index (χ2n) is 5.28. The first kappa shape index (κ1) is 13.8. The molecule has 5 nitrogen and oxygen atoms in total. The van der Waals surface area contributed by atoms with Crippen molar-refractivity contribution in [2.45, 2.75) is 26.4 Å². The van der Waals surface area contributed by atoms with Gasteiger partial charge in [-0.05, 0) is 43.5 Å². The summed E-state index contributed by atoms with van der Waals surface area (Å²) in [7, 11) is 1.66. The molecule has 2 aliphatic heterocycles. The molecule has 1 amide bonds. The monoisotopic (exact) mass is 288 g/mol. The van der Waals surface area contributed by atoms with Gasteiger partial charge in [-0.3, -0.25) is 4.90 Å². The Kier molecular flexibility index (Phi) is 3.49. The van der Waals surface area contributed by atoms with Crippen LogP contribution in [0, 0.1) is 6.92 Å². The molecular formula is C16H20N2O3. The summed E-state index contributed by atoms with van der Waals surface area (Å²) in [6, 6.07) is 4.00. The summed E-state index contributed by atoms with van der Waals surface area (Å²) >= 11 is 0. The Labute approximate surface area is 124 Å². The standard InChI is InChI=1S/C16H20N2O3/c1-4-21-16(19)18-8-7-11-9-12-10(2)5-6-13(20-3)14(12)17-15(11)18/h5-6,9,15,17H,4,7-8H2,1-3H3. The SMILES string of the molecule is CCOC(=O)N1CCC2=Cc3c(C)ccc(OC)c3NC21. The lowest BCUT2D eigenvalue weighted by Gasteiger charge is -2.31. The highest BCUT2D eigenvalue weighted by Gasteiger charge is 2.37. The van der Waals surface area contributed by atoms with Crippen molar-refractivity contribution < 1.29 is 14.3 Å². The smallest absolute Gasteiger partial charge is 0.411 e. The van der Waals surface area contributed by atoms with E-state index in [1.165, 1.54) is 11.1 Å². The maximum absolute atomic E-state index is 12.0. The predicted octanol–water partition coefficient (Wildman–Crippen LogP) is 3.00. The lowest BCUT2D eigenvalue weighted by molar-refractivity contribution is 0.108. The van der Waals surface area contributed by atoms with Crippen LogP contribution < -0.4 is 10.1 Å². The molecule has 1 aromatic carbocycles. The molecule has 112 valence electrons. The Morgan fingerprint density at radius 1 is 1.48 bits per heavy atom. The number of methoxy groups -OCH3 is 1. The van der Waals surface area contributed by atoms with E-state index in [9.17, 15) is 4.79 Å². The normalized spacial score (nSPS) is 19.3. The van der Waals surface area contributed by atoms with E-state index in [2.05, 4.69) is 24.4 Å². The number of hydrogen-bond donors (Lipinski definition) is 1. The number of carbonyl (C=O) groups is 1. The highest BCUT2D eigenvalue weighted by atomic mass is 16.6. The predicted molar refractivity (Wildman–Crippen MR) is 81.5 cm³/mol. The van der Waals surface area contributed by atoms with Crippen LogP contribution in [-0.2, 0) is 4.74 Å². The fourth-order valence-corrected chi connectivity index (χ4v) is 2.97. The Balaban J connectivity index is 1.97. The van der Waals surface area contributed by atoms with E-state index in [0.717, 1.165) is 23.4 Å². The van der Waals surface area contributed by atoms with Crippen LogP contribution in [0.4, 0.5) is 10.5 Å². The summed E-state index contributed by atoms with van der Waals surface area (Å²) in [5.41, 5.74) is 4.50. The van der Waals surface area contributed by atoms with Gasteiger partial charge in [-0.1, -0.05) is 6.07 Å². The number of benzene rings is 1. The van der Waals surface area contributed by atoms with E-state index in [0.29, 0.717) is 13.2 Å². The average Bonchev–Trinajstić information content (AvgIpc) is 2.89. The molecule has 0 aromatic heterocycles. The number of amides is 1. The molecule has 2 heterocycles. The quantitative estimate of drug-likeness (QED) is 0.909. The van der Waals surface area contributed by atoms with E-state index >= 15 is 0 Å². The maximum Gasteiger partial charge on any atom is 0.411 e. The molecule has 1 N–H and O–H groups in total. The zero-order chi connectivity index (χ0) is 15.0. The number of ether oxygens (including phenoxy) is 2. The fraction of sp³-hybridized carbons (Fsp3) is 0.438. The third-order valence-corrected chi connectivity index (χ3v) is 4.06. The summed E-state index contributed by atoms with van der Waals surface area (Å²) < 4.78 is 10.6. The van der Waals surface area contributed by atoms with Crippen molar-refractivity contribution in [3.8, 4) is 5.75 Å². The van der Waals surface area contributed by atoms with Gasteiger partial charge in [0.15, 0.2) is 0 Å². The summed E-state index contributed by atoms with van der Waals surface area (Å²) in [5, 5.41) is 3.44. The Morgan fingerprint density at radius 3 is 3.00 bits per heavy atom. The van der Waals surface area contributed by atoms with Crippen LogP contribution in [0.2, 0.25) is 0 Å². The molecular weight excluding hydrogens is 268 g/mol. The highest BCUT2D eigenvalue weighted by Crippen LogP contribution is 2.40. The van der Waals surface area contributed by atoms with Crippen LogP contribution in [0.15, 0.2) is 17.7 Å². The maximum atomic E-state index is 12.0. The van der Waals surface area contributed by atoms with E-state index in [4.69, 9.17) is 9.47 Å². The molecule has 5 heteroatoms. The summed E-state index contributed by atoms with van der Waals surface area (Å²) in [4.78, 5) is 13.8. The van der Waals surface area contributed by atoms with Gasteiger partial charge in [0.25, 0.3) is 0 Å². The number of nitrogens with zero attached hydrogens (tertiary/aromatic N) is 1. The first-order chi connectivity index (χ1) is 10.2. The molecule has 0 bridgehead atoms. The topological polar surface area (TPSA) is 50.8 Å². The van der Waals surface area contributed by atoms with Crippen molar-refractivity contribution in [3.63, 3.8) is 0 Å². The van der Waals surface area contributed by atoms with Crippen molar-refractivity contribution in [3.05, 3.63) is 28.8 Å². The minimum atomic E-state index is -0.270. The van der Waals surface area contributed by atoms with Gasteiger partial charge in [-0.15, -0.1) is 0 Å². The second kappa shape index (κ2) is 5.31. The molecule has 1 atom stereocenters. The number of hydrogen-bond acceptors (Lipinski definition) is 4. The minimum absolute atomic E-state index is 0.132. The lowest BCUT2D eigenvalue weighted by atomic mass is 9.97. The number of likely N-dealkylation sites (tertiary alicyclic amines) is 1. The summed E-state index contributed by atoms with van der Waals surface area (Å²) in [6.45, 7) is 4.97. The molecule has 21 heavy (non-hydrogen) atoms. The van der Waals surface area contributed by atoms with Gasteiger partial charge >= 0.3 is 6.09 Å². The zero-order valence-corrected chi connectivity index (χ0v) is 12.6. The second-order valence-corrected chi connectivity index (χ2v) is 5.28. The van der Waals surface area contributed by atoms with Gasteiger partial charge in [-0.25, -0.2) is 4.79 Å². The third kappa shape index (κ3) is 2.22. The molecule has 3 rings (SSSR count). The molecule has 1 fully saturated rings. The van der Waals surface area contributed by atoms with Gasteiger partial charge in [0, 0.05) is 12.1 Å². The van der Waals surface area contributed by atoms with Crippen LogP contribution in [0.25, 0.3) is 6.08 Å². The molecule has 2 aliphatic rings. The number of fused-ring (bicyclic) bond motifs is 2. The average molecular weight is 288 g/mol. The zero-order valence-electron chi connectivity index (χ0n) is 12.6. The van der Waals surface area contributed by atoms with Crippen LogP contribution in [0.1, 0.15) is 24.5 Å². The first-order valence-corrected chi connectivity index (χ1v) is 7.23. The Bertz CT molecular complexity index is 610. The minimum Gasteiger partial charge on any atom is -0.495 e. The number of aryl methyl sites for hydroxylation is 1. The van der Waals surface area contributed by atoms with Crippen LogP contribution in [0.5, 0.6) is 5.75 Å². The van der Waals surface area contributed by atoms with Gasteiger partial charge < -0.3 is 14.8 Å². The number of rotatable bonds is 2. The highest BCUT2D eigenvalue weighted by molar-refractivity contribution is 5.82. The summed E-state index contributed by atoms with van der Waals surface area (Å²) in [5.74, 6) is 0.793. The molecule has 1 aromatic rings. The van der Waals surface area contributed by atoms with Crippen LogP contribution >= 0.6 is 0 Å². The number of anilines is 1. The molecule has 0 radical (unpaired) electrons. The van der Waals surface area contributed by atoms with E-state index in [1.807, 2.05) is 13.0 Å². The third-order valence-electron chi connectivity index (χ3n) is 4.06. The van der Waals surface area contributed by atoms with Crippen LogP contribution in [-0.4, -0.2) is 37.4 Å². The van der Waals surface area contributed by atoms with E-state index in [1.54, 1.807) is 12.0 Å². The first-order valence-electron chi connectivity index (χ1n) is 7.23. The van der Waals surface area contributed by atoms with Gasteiger partial charge in [0.1, 0.15) is 11.9 Å². The van der Waals surface area contributed by atoms with E-state index < -0.39 is 0 Å². The van der Waals surface area contributed by atoms with Crippen LogP contribution in [0.3, 0.4) is 0 Å². The Morgan fingerprint density at radius 2 is 2.29 bits per heavy atom. The molecule has 1 unspecified atom stereocenters. The molecule has 0 saturated carbocycles. The molecule has 1 saturated heterocycles. The molecule has 0 spiro atoms. The van der Waals surface area contributed by atoms with Gasteiger partial charge in [0.2, 0.25) is 0 Å². The van der Waals surface area contributed by atoms with Gasteiger partial charge in [-0.2, -0.15) is 0 Å². The summed E-state index contributed by atoms with van der Waals surface area (Å²) in [6.07, 6.45) is 2.64. The lowest BCUT2D eigenvalue weighted by Crippen LogP contribution is -2.42. The number of nitrogens with one attached hydrogen (secondary N) is 1. The van der Waals surface area contributed by atoms with Crippen molar-refractivity contribution in [2.75, 3.05) is 25.6 Å². The number of carbonyl (C=O) groups excluding carboxylic acids is 1. The fourth-order valence-electron chi connectivity index (χ4n) is 2.97. The van der Waals surface area contributed by atoms with Crippen molar-refractivity contribution in [1.29, 1.82) is 0 Å². The van der Waals surface area contributed by atoms with Crippen molar-refractivity contribution in [2.24, 2.45) is 0 Å². The molecule has 0 aliphatic carbocycles. The Hall–Kier alpha value is -2.17.